The molecular weight excluding hydrogens is 246 g/mol. The number of hydrogen-bond acceptors (Lipinski definition) is 3. The predicted octanol–water partition coefficient (Wildman–Crippen LogP) is 2.76. The van der Waals surface area contributed by atoms with Crippen LogP contribution in [-0.2, 0) is 0 Å². The largest absolute Gasteiger partial charge is 0.313 e. The summed E-state index contributed by atoms with van der Waals surface area (Å²) < 4.78 is 0. The summed E-state index contributed by atoms with van der Waals surface area (Å²) in [5, 5.41) is 12.9. The minimum Gasteiger partial charge on any atom is -0.313 e. The van der Waals surface area contributed by atoms with Gasteiger partial charge in [0, 0.05) is 18.6 Å². The zero-order valence-corrected chi connectivity index (χ0v) is 12.6. The highest BCUT2D eigenvalue weighted by Crippen LogP contribution is 2.33. The number of hydrogen-bond donors (Lipinski definition) is 1. The molecule has 20 heavy (non-hydrogen) atoms. The molecule has 1 unspecified atom stereocenters. The van der Waals surface area contributed by atoms with Gasteiger partial charge in [-0.2, -0.15) is 5.26 Å². The first-order valence-corrected chi connectivity index (χ1v) is 7.51. The van der Waals surface area contributed by atoms with Crippen LogP contribution in [0.3, 0.4) is 0 Å². The van der Waals surface area contributed by atoms with Gasteiger partial charge in [0.25, 0.3) is 0 Å². The van der Waals surface area contributed by atoms with Crippen LogP contribution in [0.1, 0.15) is 37.2 Å². The molecule has 3 heteroatoms. The summed E-state index contributed by atoms with van der Waals surface area (Å²) in [4.78, 5) is 2.36. The lowest BCUT2D eigenvalue weighted by Crippen LogP contribution is -2.50. The second kappa shape index (κ2) is 6.88. The highest BCUT2D eigenvalue weighted by molar-refractivity contribution is 5.25. The van der Waals surface area contributed by atoms with E-state index in [4.69, 9.17) is 0 Å². The molecule has 0 saturated heterocycles. The average Bonchev–Trinajstić information content (AvgIpc) is 2.95. The Kier molecular flexibility index (Phi) is 5.17. The fraction of sp³-hybridized carbons (Fsp3) is 0.588. The SMILES string of the molecule is CN(C)C1(CNCC(C#N)c2ccccc2)CCCC1. The molecule has 3 nitrogen and oxygen atoms in total. The smallest absolute Gasteiger partial charge is 0.0837 e. The highest BCUT2D eigenvalue weighted by Gasteiger charge is 2.35. The minimum absolute atomic E-state index is 0.0585. The van der Waals surface area contributed by atoms with Crippen molar-refractivity contribution in [3.05, 3.63) is 35.9 Å². The Hall–Kier alpha value is -1.37. The lowest BCUT2D eigenvalue weighted by Gasteiger charge is -2.37. The van der Waals surface area contributed by atoms with E-state index in [0.717, 1.165) is 18.7 Å². The summed E-state index contributed by atoms with van der Waals surface area (Å²) in [7, 11) is 4.35. The van der Waals surface area contributed by atoms with Crippen molar-refractivity contribution in [1.82, 2.24) is 10.2 Å². The summed E-state index contributed by atoms with van der Waals surface area (Å²) in [6.45, 7) is 1.71. The number of likely N-dealkylation sites (N-methyl/N-ethyl adjacent to an activating group) is 1. The van der Waals surface area contributed by atoms with Crippen LogP contribution in [0.15, 0.2) is 30.3 Å². The summed E-state index contributed by atoms with van der Waals surface area (Å²) in [6, 6.07) is 12.5. The van der Waals surface area contributed by atoms with E-state index in [-0.39, 0.29) is 11.5 Å². The molecule has 0 aliphatic heterocycles. The van der Waals surface area contributed by atoms with E-state index in [9.17, 15) is 5.26 Å². The van der Waals surface area contributed by atoms with Gasteiger partial charge >= 0.3 is 0 Å². The zero-order chi connectivity index (χ0) is 14.4. The molecule has 108 valence electrons. The molecule has 1 fully saturated rings. The van der Waals surface area contributed by atoms with Gasteiger partial charge < -0.3 is 10.2 Å². The van der Waals surface area contributed by atoms with Gasteiger partial charge in [-0.15, -0.1) is 0 Å². The van der Waals surface area contributed by atoms with E-state index < -0.39 is 0 Å². The molecule has 0 radical (unpaired) electrons. The minimum atomic E-state index is -0.0585. The van der Waals surface area contributed by atoms with E-state index in [1.165, 1.54) is 25.7 Å². The van der Waals surface area contributed by atoms with Crippen molar-refractivity contribution in [1.29, 1.82) is 5.26 Å². The molecule has 2 rings (SSSR count). The molecule has 1 aromatic rings. The van der Waals surface area contributed by atoms with Crippen molar-refractivity contribution in [2.45, 2.75) is 37.1 Å². The van der Waals surface area contributed by atoms with Crippen LogP contribution < -0.4 is 5.32 Å². The van der Waals surface area contributed by atoms with Gasteiger partial charge in [0.1, 0.15) is 0 Å². The van der Waals surface area contributed by atoms with Crippen molar-refractivity contribution < 1.29 is 0 Å². The topological polar surface area (TPSA) is 39.1 Å². The van der Waals surface area contributed by atoms with Crippen molar-refractivity contribution in [3.8, 4) is 6.07 Å². The van der Waals surface area contributed by atoms with Crippen molar-refractivity contribution >= 4 is 0 Å². The van der Waals surface area contributed by atoms with E-state index >= 15 is 0 Å². The molecule has 0 aromatic heterocycles. The van der Waals surface area contributed by atoms with E-state index in [0.29, 0.717) is 0 Å². The van der Waals surface area contributed by atoms with Crippen LogP contribution >= 0.6 is 0 Å². The van der Waals surface area contributed by atoms with E-state index in [1.807, 2.05) is 30.3 Å². The van der Waals surface area contributed by atoms with Crippen molar-refractivity contribution in [2.24, 2.45) is 0 Å². The lowest BCUT2D eigenvalue weighted by atomic mass is 9.95. The van der Waals surface area contributed by atoms with Crippen LogP contribution in [0.4, 0.5) is 0 Å². The first-order valence-electron chi connectivity index (χ1n) is 7.51. The molecule has 1 aliphatic rings. The maximum atomic E-state index is 9.34. The van der Waals surface area contributed by atoms with Crippen LogP contribution in [0, 0.1) is 11.3 Å². The maximum Gasteiger partial charge on any atom is 0.0837 e. The molecule has 0 heterocycles. The number of nitrogens with one attached hydrogen (secondary N) is 1. The normalized spacial score (nSPS) is 18.9. The summed E-state index contributed by atoms with van der Waals surface area (Å²) >= 11 is 0. The summed E-state index contributed by atoms with van der Waals surface area (Å²) in [6.07, 6.45) is 5.16. The number of nitrogens with zero attached hydrogens (tertiary/aromatic N) is 2. The number of nitriles is 1. The van der Waals surface area contributed by atoms with Gasteiger partial charge in [-0.25, -0.2) is 0 Å². The monoisotopic (exact) mass is 271 g/mol. The standard InChI is InChI=1S/C17H25N3/c1-20(2)17(10-6-7-11-17)14-19-13-16(12-18)15-8-4-3-5-9-15/h3-5,8-9,16,19H,6-7,10-11,13-14H2,1-2H3. The Morgan fingerprint density at radius 1 is 1.25 bits per heavy atom. The van der Waals surface area contributed by atoms with Crippen molar-refractivity contribution in [2.75, 3.05) is 27.2 Å². The zero-order valence-electron chi connectivity index (χ0n) is 12.6. The van der Waals surface area contributed by atoms with Gasteiger partial charge in [-0.05, 0) is 32.5 Å². The second-order valence-corrected chi connectivity index (χ2v) is 6.05. The second-order valence-electron chi connectivity index (χ2n) is 6.05. The molecule has 1 N–H and O–H groups in total. The summed E-state index contributed by atoms with van der Waals surface area (Å²) in [5.41, 5.74) is 1.39. The predicted molar refractivity (Wildman–Crippen MR) is 82.6 cm³/mol. The van der Waals surface area contributed by atoms with Gasteiger partial charge in [0.2, 0.25) is 0 Å². The summed E-state index contributed by atoms with van der Waals surface area (Å²) in [5.74, 6) is -0.0585. The Morgan fingerprint density at radius 2 is 1.90 bits per heavy atom. The molecule has 0 spiro atoms. The fourth-order valence-corrected chi connectivity index (χ4v) is 3.19. The van der Waals surface area contributed by atoms with Gasteiger partial charge in [0.15, 0.2) is 0 Å². The van der Waals surface area contributed by atoms with Gasteiger partial charge in [-0.1, -0.05) is 43.2 Å². The van der Waals surface area contributed by atoms with Crippen LogP contribution in [0.2, 0.25) is 0 Å². The Balaban J connectivity index is 1.90. The van der Waals surface area contributed by atoms with Gasteiger partial charge in [0.05, 0.1) is 12.0 Å². The molecule has 1 atom stereocenters. The average molecular weight is 271 g/mol. The third-order valence-electron chi connectivity index (χ3n) is 4.64. The van der Waals surface area contributed by atoms with Crippen LogP contribution in [0.5, 0.6) is 0 Å². The molecule has 0 amide bonds. The lowest BCUT2D eigenvalue weighted by molar-refractivity contribution is 0.154. The third kappa shape index (κ3) is 3.39. The first kappa shape index (κ1) is 15.0. The third-order valence-corrected chi connectivity index (χ3v) is 4.64. The van der Waals surface area contributed by atoms with E-state index in [1.54, 1.807) is 0 Å². The quantitative estimate of drug-likeness (QED) is 0.864. The Labute approximate surface area is 122 Å². The van der Waals surface area contributed by atoms with Crippen LogP contribution in [-0.4, -0.2) is 37.6 Å². The van der Waals surface area contributed by atoms with Gasteiger partial charge in [-0.3, -0.25) is 0 Å². The Bertz CT molecular complexity index is 441. The Morgan fingerprint density at radius 3 is 2.45 bits per heavy atom. The van der Waals surface area contributed by atoms with E-state index in [2.05, 4.69) is 30.4 Å². The highest BCUT2D eigenvalue weighted by atomic mass is 15.2. The molecule has 1 aromatic carbocycles. The maximum absolute atomic E-state index is 9.34. The molecular formula is C17H25N3. The first-order chi connectivity index (χ1) is 9.68. The number of rotatable bonds is 6. The molecule has 1 aliphatic carbocycles. The fourth-order valence-electron chi connectivity index (χ4n) is 3.19. The van der Waals surface area contributed by atoms with Crippen molar-refractivity contribution in [3.63, 3.8) is 0 Å². The molecule has 0 bridgehead atoms. The number of benzene rings is 1. The van der Waals surface area contributed by atoms with Crippen LogP contribution in [0.25, 0.3) is 0 Å². The molecule has 1 saturated carbocycles.